The van der Waals surface area contributed by atoms with Gasteiger partial charge in [-0.3, -0.25) is 9.36 Å². The number of hydrogen-bond donors (Lipinski definition) is 1. The quantitative estimate of drug-likeness (QED) is 0.789. The zero-order valence-electron chi connectivity index (χ0n) is 11.2. The Labute approximate surface area is 125 Å². The van der Waals surface area contributed by atoms with Crippen molar-refractivity contribution in [3.63, 3.8) is 0 Å². The number of aromatic hydroxyl groups is 1. The molecule has 0 unspecified atom stereocenters. The van der Waals surface area contributed by atoms with E-state index in [0.29, 0.717) is 27.5 Å². The van der Waals surface area contributed by atoms with E-state index in [1.807, 2.05) is 6.07 Å². The van der Waals surface area contributed by atoms with Crippen LogP contribution in [-0.2, 0) is 0 Å². The van der Waals surface area contributed by atoms with Gasteiger partial charge in [-0.15, -0.1) is 0 Å². The Morgan fingerprint density at radius 2 is 1.90 bits per heavy atom. The topological polar surface area (TPSA) is 51.5 Å². The van der Waals surface area contributed by atoms with E-state index < -0.39 is 0 Å². The molecule has 0 bridgehead atoms. The summed E-state index contributed by atoms with van der Waals surface area (Å²) >= 11 is 6.02. The van der Waals surface area contributed by atoms with E-state index in [2.05, 4.69) is 0 Å². The van der Waals surface area contributed by atoms with Crippen molar-refractivity contribution in [2.75, 3.05) is 7.11 Å². The molecular formula is C16H12ClNO3. The number of hydrogen-bond acceptors (Lipinski definition) is 3. The highest BCUT2D eigenvalue weighted by atomic mass is 35.5. The van der Waals surface area contributed by atoms with Crippen molar-refractivity contribution in [2.45, 2.75) is 0 Å². The molecule has 0 radical (unpaired) electrons. The number of phenolic OH excluding ortho intramolecular Hbond substituents is 1. The van der Waals surface area contributed by atoms with Crippen molar-refractivity contribution in [3.05, 3.63) is 63.8 Å². The lowest BCUT2D eigenvalue weighted by Gasteiger charge is -2.16. The molecule has 0 spiro atoms. The largest absolute Gasteiger partial charge is 0.506 e. The van der Waals surface area contributed by atoms with Crippen LogP contribution in [0, 0.1) is 0 Å². The van der Waals surface area contributed by atoms with Crippen LogP contribution in [0.2, 0.25) is 5.02 Å². The van der Waals surface area contributed by atoms with Gasteiger partial charge in [-0.25, -0.2) is 0 Å². The van der Waals surface area contributed by atoms with Crippen LogP contribution in [-0.4, -0.2) is 16.8 Å². The molecular weight excluding hydrogens is 290 g/mol. The highest BCUT2D eigenvalue weighted by molar-refractivity contribution is 6.30. The highest BCUT2D eigenvalue weighted by Gasteiger charge is 2.14. The Kier molecular flexibility index (Phi) is 3.31. The molecule has 0 aliphatic heterocycles. The first-order valence-electron chi connectivity index (χ1n) is 6.29. The predicted molar refractivity (Wildman–Crippen MR) is 82.8 cm³/mol. The molecule has 21 heavy (non-hydrogen) atoms. The van der Waals surface area contributed by atoms with E-state index in [1.165, 1.54) is 19.2 Å². The Bertz CT molecular complexity index is 886. The molecule has 106 valence electrons. The summed E-state index contributed by atoms with van der Waals surface area (Å²) in [5, 5.41) is 11.1. The van der Waals surface area contributed by atoms with Crippen LogP contribution in [0.25, 0.3) is 16.6 Å². The normalized spacial score (nSPS) is 10.8. The summed E-state index contributed by atoms with van der Waals surface area (Å²) in [4.78, 5) is 12.1. The molecule has 3 aromatic rings. The van der Waals surface area contributed by atoms with E-state index in [0.717, 1.165) is 0 Å². The lowest BCUT2D eigenvalue weighted by atomic mass is 10.2. The smallest absolute Gasteiger partial charge is 0.202 e. The minimum Gasteiger partial charge on any atom is -0.506 e. The number of halogens is 1. The summed E-state index contributed by atoms with van der Waals surface area (Å²) in [6, 6.07) is 13.2. The van der Waals surface area contributed by atoms with E-state index in [1.54, 1.807) is 34.9 Å². The van der Waals surface area contributed by atoms with E-state index in [9.17, 15) is 9.90 Å². The number of pyridine rings is 1. The minimum atomic E-state index is -0.139. The number of aromatic nitrogens is 1. The van der Waals surface area contributed by atoms with Gasteiger partial charge in [0.1, 0.15) is 5.75 Å². The fourth-order valence-electron chi connectivity index (χ4n) is 2.32. The van der Waals surface area contributed by atoms with Gasteiger partial charge in [-0.1, -0.05) is 23.7 Å². The van der Waals surface area contributed by atoms with E-state index in [-0.39, 0.29) is 11.2 Å². The summed E-state index contributed by atoms with van der Waals surface area (Å²) < 4.78 is 6.96. The summed E-state index contributed by atoms with van der Waals surface area (Å²) in [6.07, 6.45) is 0. The molecule has 2 aromatic carbocycles. The second kappa shape index (κ2) is 5.14. The summed E-state index contributed by atoms with van der Waals surface area (Å²) in [5.74, 6) is 0.378. The van der Waals surface area contributed by atoms with Crippen LogP contribution in [0.4, 0.5) is 0 Å². The van der Waals surface area contributed by atoms with Crippen LogP contribution in [0.15, 0.2) is 53.3 Å². The number of para-hydroxylation sites is 1. The lowest BCUT2D eigenvalue weighted by molar-refractivity contribution is 0.386. The van der Waals surface area contributed by atoms with Crippen molar-refractivity contribution in [2.24, 2.45) is 0 Å². The van der Waals surface area contributed by atoms with Crippen LogP contribution in [0.1, 0.15) is 0 Å². The van der Waals surface area contributed by atoms with Crippen molar-refractivity contribution in [1.82, 2.24) is 4.57 Å². The van der Waals surface area contributed by atoms with E-state index in [4.69, 9.17) is 16.3 Å². The number of phenols is 1. The van der Waals surface area contributed by atoms with Crippen molar-refractivity contribution in [3.8, 4) is 17.3 Å². The molecule has 4 nitrogen and oxygen atoms in total. The third kappa shape index (κ3) is 2.23. The monoisotopic (exact) mass is 301 g/mol. The molecule has 1 heterocycles. The number of benzene rings is 2. The second-order valence-corrected chi connectivity index (χ2v) is 4.97. The average Bonchev–Trinajstić information content (AvgIpc) is 2.50. The van der Waals surface area contributed by atoms with Gasteiger partial charge >= 0.3 is 0 Å². The lowest BCUT2D eigenvalue weighted by Crippen LogP contribution is -2.10. The second-order valence-electron chi connectivity index (χ2n) is 4.54. The molecule has 0 saturated carbocycles. The van der Waals surface area contributed by atoms with Gasteiger partial charge in [0.2, 0.25) is 5.88 Å². The number of ether oxygens (including phenoxy) is 1. The van der Waals surface area contributed by atoms with Gasteiger partial charge in [0.05, 0.1) is 18.3 Å². The van der Waals surface area contributed by atoms with Gasteiger partial charge < -0.3 is 9.84 Å². The molecule has 0 amide bonds. The minimum absolute atomic E-state index is 0.0477. The predicted octanol–water partition coefficient (Wildman–Crippen LogP) is 3.36. The molecule has 0 aliphatic carbocycles. The van der Waals surface area contributed by atoms with Crippen molar-refractivity contribution in [1.29, 1.82) is 0 Å². The standard InChI is InChI=1S/C16H12ClNO3/c1-21-16-9-15(20)11-4-2-3-5-12(11)18(16)13-8-10(17)6-7-14(13)19/h2-9,19H,1H3. The number of nitrogens with zero attached hydrogens (tertiary/aromatic N) is 1. The van der Waals surface area contributed by atoms with Gasteiger partial charge in [0.15, 0.2) is 5.43 Å². The summed E-state index contributed by atoms with van der Waals surface area (Å²) in [7, 11) is 1.47. The zero-order chi connectivity index (χ0) is 15.0. The molecule has 0 fully saturated rings. The van der Waals surface area contributed by atoms with Crippen molar-refractivity contribution < 1.29 is 9.84 Å². The van der Waals surface area contributed by atoms with E-state index >= 15 is 0 Å². The fourth-order valence-corrected chi connectivity index (χ4v) is 2.49. The van der Waals surface area contributed by atoms with Crippen LogP contribution in [0.3, 0.4) is 0 Å². The van der Waals surface area contributed by atoms with Gasteiger partial charge in [-0.05, 0) is 30.3 Å². The Morgan fingerprint density at radius 1 is 1.14 bits per heavy atom. The summed E-state index contributed by atoms with van der Waals surface area (Å²) in [5.41, 5.74) is 0.954. The molecule has 1 N–H and O–H groups in total. The number of methoxy groups -OCH3 is 1. The molecule has 3 rings (SSSR count). The third-order valence-electron chi connectivity index (χ3n) is 3.27. The zero-order valence-corrected chi connectivity index (χ0v) is 12.0. The van der Waals surface area contributed by atoms with Crippen LogP contribution >= 0.6 is 11.6 Å². The Morgan fingerprint density at radius 3 is 2.67 bits per heavy atom. The van der Waals surface area contributed by atoms with Gasteiger partial charge in [0.25, 0.3) is 0 Å². The third-order valence-corrected chi connectivity index (χ3v) is 3.51. The first-order valence-corrected chi connectivity index (χ1v) is 6.67. The number of rotatable bonds is 2. The average molecular weight is 302 g/mol. The molecule has 1 aromatic heterocycles. The highest BCUT2D eigenvalue weighted by Crippen LogP contribution is 2.31. The maximum atomic E-state index is 12.1. The number of fused-ring (bicyclic) bond motifs is 1. The molecule has 0 atom stereocenters. The van der Waals surface area contributed by atoms with Crippen molar-refractivity contribution >= 4 is 22.5 Å². The Balaban J connectivity index is 2.48. The fraction of sp³-hybridized carbons (Fsp3) is 0.0625. The molecule has 0 aliphatic rings. The molecule has 5 heteroatoms. The first-order chi connectivity index (χ1) is 10.1. The first kappa shape index (κ1) is 13.5. The van der Waals surface area contributed by atoms with Gasteiger partial charge in [-0.2, -0.15) is 0 Å². The SMILES string of the molecule is COc1cc(=O)c2ccccc2n1-c1cc(Cl)ccc1O. The summed E-state index contributed by atoms with van der Waals surface area (Å²) in [6.45, 7) is 0. The molecule has 0 saturated heterocycles. The Hall–Kier alpha value is -2.46. The maximum absolute atomic E-state index is 12.1. The van der Waals surface area contributed by atoms with Crippen LogP contribution < -0.4 is 10.2 Å². The maximum Gasteiger partial charge on any atom is 0.202 e. The van der Waals surface area contributed by atoms with Gasteiger partial charge in [0, 0.05) is 16.5 Å². The van der Waals surface area contributed by atoms with Crippen LogP contribution in [0.5, 0.6) is 11.6 Å².